The summed E-state index contributed by atoms with van der Waals surface area (Å²) in [7, 11) is 1.28. The molecule has 1 aromatic carbocycles. The van der Waals surface area contributed by atoms with Crippen molar-refractivity contribution in [2.24, 2.45) is 11.1 Å². The van der Waals surface area contributed by atoms with Crippen LogP contribution in [0, 0.1) is 16.7 Å². The molecule has 0 aliphatic rings. The van der Waals surface area contributed by atoms with Gasteiger partial charge in [-0.15, -0.1) is 12.4 Å². The third kappa shape index (κ3) is 3.42. The summed E-state index contributed by atoms with van der Waals surface area (Å²) in [6.45, 7) is 3.24. The number of nitrogens with zero attached hydrogens (tertiary/aromatic N) is 1. The van der Waals surface area contributed by atoms with Crippen LogP contribution in [0.5, 0.6) is 5.75 Å². The highest BCUT2D eigenvalue weighted by Crippen LogP contribution is 2.40. The van der Waals surface area contributed by atoms with Crippen LogP contribution in [-0.4, -0.2) is 18.2 Å². The Bertz CT molecular complexity index is 555. The van der Waals surface area contributed by atoms with E-state index >= 15 is 0 Å². The van der Waals surface area contributed by atoms with Gasteiger partial charge in [0.15, 0.2) is 0 Å². The van der Waals surface area contributed by atoms with Gasteiger partial charge in [-0.05, 0) is 41.9 Å². The number of hydrogen-bond donors (Lipinski definition) is 2. The van der Waals surface area contributed by atoms with Crippen LogP contribution in [0.1, 0.15) is 31.0 Å². The summed E-state index contributed by atoms with van der Waals surface area (Å²) in [6.07, 6.45) is 0. The highest BCUT2D eigenvalue weighted by molar-refractivity contribution is 9.10. The molecule has 3 N–H and O–H groups in total. The van der Waals surface area contributed by atoms with Gasteiger partial charge in [-0.2, -0.15) is 5.26 Å². The second-order valence-electron chi connectivity index (χ2n) is 4.70. The van der Waals surface area contributed by atoms with Crippen LogP contribution in [0.4, 0.5) is 0 Å². The van der Waals surface area contributed by atoms with Crippen LogP contribution in [0.3, 0.4) is 0 Å². The Kier molecular flexibility index (Phi) is 6.48. The van der Waals surface area contributed by atoms with Gasteiger partial charge < -0.3 is 15.6 Å². The van der Waals surface area contributed by atoms with Crippen LogP contribution in [0.2, 0.25) is 0 Å². The van der Waals surface area contributed by atoms with E-state index in [1.54, 1.807) is 13.8 Å². The van der Waals surface area contributed by atoms with E-state index in [9.17, 15) is 9.90 Å². The Hall–Kier alpha value is -1.29. The fraction of sp³-hybridized carbons (Fsp3) is 0.385. The second-order valence-corrected chi connectivity index (χ2v) is 5.55. The number of ether oxygens (including phenoxy) is 1. The molecule has 0 aliphatic heterocycles. The Morgan fingerprint density at radius 3 is 2.55 bits per heavy atom. The first-order valence-corrected chi connectivity index (χ1v) is 6.31. The molecule has 20 heavy (non-hydrogen) atoms. The monoisotopic (exact) mass is 362 g/mol. The minimum absolute atomic E-state index is 0. The number of nitriles is 1. The maximum atomic E-state index is 11.7. The molecular formula is C13H16BrClN2O3. The summed E-state index contributed by atoms with van der Waals surface area (Å²) in [4.78, 5) is 11.7. The Balaban J connectivity index is 0.00000361. The van der Waals surface area contributed by atoms with Gasteiger partial charge in [0.25, 0.3) is 0 Å². The predicted molar refractivity (Wildman–Crippen MR) is 80.5 cm³/mol. The zero-order valence-electron chi connectivity index (χ0n) is 11.3. The number of carbonyl (C=O) groups excluding carboxylic acids is 1. The number of aromatic hydroxyl groups is 1. The Morgan fingerprint density at radius 1 is 1.55 bits per heavy atom. The highest BCUT2D eigenvalue weighted by Gasteiger charge is 2.38. The number of hydrogen-bond acceptors (Lipinski definition) is 5. The van der Waals surface area contributed by atoms with Gasteiger partial charge >= 0.3 is 5.97 Å². The predicted octanol–water partition coefficient (Wildman–Crippen LogP) is 2.65. The molecule has 1 atom stereocenters. The molecule has 0 saturated heterocycles. The van der Waals surface area contributed by atoms with E-state index in [0.717, 1.165) is 0 Å². The summed E-state index contributed by atoms with van der Waals surface area (Å²) >= 11 is 3.15. The average molecular weight is 364 g/mol. The fourth-order valence-corrected chi connectivity index (χ4v) is 2.18. The van der Waals surface area contributed by atoms with Crippen LogP contribution in [0.25, 0.3) is 0 Å². The largest absolute Gasteiger partial charge is 0.506 e. The molecule has 0 unspecified atom stereocenters. The maximum absolute atomic E-state index is 11.7. The van der Waals surface area contributed by atoms with E-state index in [-0.39, 0.29) is 18.2 Å². The van der Waals surface area contributed by atoms with Crippen molar-refractivity contribution in [3.8, 4) is 11.8 Å². The van der Waals surface area contributed by atoms with Gasteiger partial charge in [0.05, 0.1) is 28.6 Å². The average Bonchev–Trinajstić information content (AvgIpc) is 2.39. The summed E-state index contributed by atoms with van der Waals surface area (Å²) < 4.78 is 5.07. The zero-order valence-corrected chi connectivity index (χ0v) is 13.7. The number of carbonyl (C=O) groups is 1. The molecule has 1 rings (SSSR count). The first kappa shape index (κ1) is 18.7. The van der Waals surface area contributed by atoms with Crippen molar-refractivity contribution in [2.75, 3.05) is 7.11 Å². The molecule has 0 fully saturated rings. The first-order chi connectivity index (χ1) is 8.75. The minimum Gasteiger partial charge on any atom is -0.506 e. The quantitative estimate of drug-likeness (QED) is 0.805. The topological polar surface area (TPSA) is 96.3 Å². The summed E-state index contributed by atoms with van der Waals surface area (Å²) in [6, 6.07) is 4.12. The lowest BCUT2D eigenvalue weighted by atomic mass is 9.80. The molecule has 0 radical (unpaired) electrons. The molecule has 1 aromatic rings. The molecule has 110 valence electrons. The smallest absolute Gasteiger partial charge is 0.313 e. The molecule has 0 bridgehead atoms. The van der Waals surface area contributed by atoms with Gasteiger partial charge in [0.1, 0.15) is 5.75 Å². The van der Waals surface area contributed by atoms with Gasteiger partial charge in [0.2, 0.25) is 0 Å². The van der Waals surface area contributed by atoms with E-state index in [1.807, 2.05) is 6.07 Å². The van der Waals surface area contributed by atoms with Gasteiger partial charge in [-0.1, -0.05) is 0 Å². The number of phenolic OH excluding ortho intramolecular Hbond substituents is 1. The molecule has 0 spiro atoms. The van der Waals surface area contributed by atoms with Gasteiger partial charge in [0, 0.05) is 11.6 Å². The van der Waals surface area contributed by atoms with Crippen LogP contribution < -0.4 is 5.73 Å². The van der Waals surface area contributed by atoms with Crippen molar-refractivity contribution in [1.29, 1.82) is 5.26 Å². The Labute approximate surface area is 132 Å². The van der Waals surface area contributed by atoms with Crippen molar-refractivity contribution in [3.63, 3.8) is 0 Å². The molecule has 7 heteroatoms. The van der Waals surface area contributed by atoms with E-state index in [1.165, 1.54) is 19.2 Å². The molecule has 0 saturated carbocycles. The highest BCUT2D eigenvalue weighted by atomic mass is 79.9. The number of methoxy groups -OCH3 is 1. The molecule has 5 nitrogen and oxygen atoms in total. The second kappa shape index (κ2) is 6.93. The first-order valence-electron chi connectivity index (χ1n) is 5.52. The molecule has 0 heterocycles. The number of nitrogens with two attached hydrogens (primary N) is 1. The standard InChI is InChI=1S/C13H15BrN2O3.ClH/c1-13(2,12(18)19-3)11(16)8-4-7(6-15)5-9(14)10(8)17;/h4-5,11,17H,16H2,1-3H3;1H/t11-;/m1./s1. The molecule has 0 aliphatic carbocycles. The van der Waals surface area contributed by atoms with Gasteiger partial charge in [-0.3, -0.25) is 4.79 Å². The molecule has 0 amide bonds. The van der Waals surface area contributed by atoms with Crippen molar-refractivity contribution in [3.05, 3.63) is 27.7 Å². The third-order valence-electron chi connectivity index (χ3n) is 3.05. The SMILES string of the molecule is COC(=O)C(C)(C)[C@H](N)c1cc(C#N)cc(Br)c1O.Cl. The van der Waals surface area contributed by atoms with Crippen LogP contribution >= 0.6 is 28.3 Å². The van der Waals surface area contributed by atoms with Crippen molar-refractivity contribution in [2.45, 2.75) is 19.9 Å². The Morgan fingerprint density at radius 2 is 2.10 bits per heavy atom. The van der Waals surface area contributed by atoms with Crippen LogP contribution in [0.15, 0.2) is 16.6 Å². The van der Waals surface area contributed by atoms with E-state index in [4.69, 9.17) is 15.7 Å². The minimum atomic E-state index is -1.03. The summed E-state index contributed by atoms with van der Waals surface area (Å²) in [5.74, 6) is -0.568. The number of benzene rings is 1. The molecule has 0 aromatic heterocycles. The van der Waals surface area contributed by atoms with E-state index in [2.05, 4.69) is 15.9 Å². The lowest BCUT2D eigenvalue weighted by molar-refractivity contribution is -0.152. The zero-order chi connectivity index (χ0) is 14.8. The fourth-order valence-electron chi connectivity index (χ4n) is 1.70. The van der Waals surface area contributed by atoms with Gasteiger partial charge in [-0.25, -0.2) is 0 Å². The number of phenols is 1. The van der Waals surface area contributed by atoms with Crippen LogP contribution in [-0.2, 0) is 9.53 Å². The summed E-state index contributed by atoms with van der Waals surface area (Å²) in [5.41, 5.74) is 5.69. The third-order valence-corrected chi connectivity index (χ3v) is 3.65. The number of rotatable bonds is 3. The number of halogens is 2. The van der Waals surface area contributed by atoms with E-state index in [0.29, 0.717) is 15.6 Å². The van der Waals surface area contributed by atoms with Crippen molar-refractivity contribution < 1.29 is 14.6 Å². The summed E-state index contributed by atoms with van der Waals surface area (Å²) in [5, 5.41) is 18.9. The lowest BCUT2D eigenvalue weighted by Crippen LogP contribution is -2.37. The molecular weight excluding hydrogens is 348 g/mol. The van der Waals surface area contributed by atoms with Crippen molar-refractivity contribution in [1.82, 2.24) is 0 Å². The van der Waals surface area contributed by atoms with E-state index < -0.39 is 17.4 Å². The van der Waals surface area contributed by atoms with Crippen molar-refractivity contribution >= 4 is 34.3 Å². The lowest BCUT2D eigenvalue weighted by Gasteiger charge is -2.29. The normalized spacial score (nSPS) is 12.0. The number of esters is 1. The maximum Gasteiger partial charge on any atom is 0.313 e.